The third-order valence-electron chi connectivity index (χ3n) is 5.01. The van der Waals surface area contributed by atoms with E-state index in [2.05, 4.69) is 25.3 Å². The van der Waals surface area contributed by atoms with Gasteiger partial charge in [-0.2, -0.15) is 0 Å². The van der Waals surface area contributed by atoms with E-state index >= 15 is 0 Å². The monoisotopic (exact) mass is 308 g/mol. The molecule has 0 N–H and O–H groups in total. The van der Waals surface area contributed by atoms with Gasteiger partial charge in [0.1, 0.15) is 0 Å². The minimum atomic E-state index is -0.383. The van der Waals surface area contributed by atoms with Crippen molar-refractivity contribution in [3.63, 3.8) is 0 Å². The third kappa shape index (κ3) is 3.05. The Balaban J connectivity index is 2.20. The molecule has 0 bridgehead atoms. The zero-order valence-electron chi connectivity index (χ0n) is 14.0. The van der Waals surface area contributed by atoms with Gasteiger partial charge in [-0.15, -0.1) is 6.58 Å². The highest BCUT2D eigenvalue weighted by Gasteiger charge is 2.56. The molecule has 1 spiro atoms. The molecule has 0 aliphatic carbocycles. The zero-order valence-corrected chi connectivity index (χ0v) is 14.0. The number of hydrogen-bond donors (Lipinski definition) is 0. The van der Waals surface area contributed by atoms with Gasteiger partial charge in [0.25, 0.3) is 0 Å². The largest absolute Gasteiger partial charge is 0.469 e. The molecule has 2 heterocycles. The maximum atomic E-state index is 12.4. The lowest BCUT2D eigenvalue weighted by atomic mass is 9.76. The van der Waals surface area contributed by atoms with Crippen LogP contribution in [-0.4, -0.2) is 60.5 Å². The number of esters is 1. The van der Waals surface area contributed by atoms with E-state index in [1.165, 1.54) is 7.11 Å². The fraction of sp³-hybridized carbons (Fsp3) is 0.765. The first-order chi connectivity index (χ1) is 10.4. The molecule has 0 saturated carbocycles. The molecule has 5 nitrogen and oxygen atoms in total. The maximum absolute atomic E-state index is 12.4. The number of likely N-dealkylation sites (tertiary alicyclic amines) is 2. The second-order valence-corrected chi connectivity index (χ2v) is 6.87. The molecule has 124 valence electrons. The summed E-state index contributed by atoms with van der Waals surface area (Å²) in [6.45, 7) is 11.6. The Kier molecular flexibility index (Phi) is 5.27. The van der Waals surface area contributed by atoms with Crippen LogP contribution >= 0.6 is 0 Å². The summed E-state index contributed by atoms with van der Waals surface area (Å²) in [5.41, 5.74) is -0.383. The number of amides is 1. The number of carbonyl (C=O) groups excluding carboxylic acids is 2. The summed E-state index contributed by atoms with van der Waals surface area (Å²) in [4.78, 5) is 28.9. The SMILES string of the molecule is C=CCN1C(=O)CC(C(=O)OC)C12CCN(CC(C)C)CC2. The molecule has 2 aliphatic rings. The number of piperidine rings is 1. The van der Waals surface area contributed by atoms with Gasteiger partial charge in [0.2, 0.25) is 5.91 Å². The summed E-state index contributed by atoms with van der Waals surface area (Å²) in [5.74, 6) is 0.0796. The third-order valence-corrected chi connectivity index (χ3v) is 5.01. The smallest absolute Gasteiger partial charge is 0.311 e. The van der Waals surface area contributed by atoms with Gasteiger partial charge < -0.3 is 14.5 Å². The molecule has 2 aliphatic heterocycles. The Hall–Kier alpha value is -1.36. The Labute approximate surface area is 133 Å². The van der Waals surface area contributed by atoms with E-state index in [0.29, 0.717) is 12.5 Å². The molecule has 0 aromatic rings. The number of ether oxygens (including phenoxy) is 1. The highest BCUT2D eigenvalue weighted by atomic mass is 16.5. The summed E-state index contributed by atoms with van der Waals surface area (Å²) in [5, 5.41) is 0. The summed E-state index contributed by atoms with van der Waals surface area (Å²) in [6.07, 6.45) is 3.68. The van der Waals surface area contributed by atoms with Crippen LogP contribution in [-0.2, 0) is 14.3 Å². The standard InChI is InChI=1S/C17H28N2O3/c1-5-8-19-15(20)11-14(16(21)22-4)17(19)6-9-18(10-7-17)12-13(2)3/h5,13-14H,1,6-12H2,2-4H3. The summed E-state index contributed by atoms with van der Waals surface area (Å²) >= 11 is 0. The fourth-order valence-electron chi connectivity index (χ4n) is 4.03. The lowest BCUT2D eigenvalue weighted by Gasteiger charge is -2.47. The van der Waals surface area contributed by atoms with Crippen molar-refractivity contribution in [1.29, 1.82) is 0 Å². The Morgan fingerprint density at radius 2 is 2.09 bits per heavy atom. The zero-order chi connectivity index (χ0) is 16.3. The first-order valence-corrected chi connectivity index (χ1v) is 8.16. The second kappa shape index (κ2) is 6.82. The summed E-state index contributed by atoms with van der Waals surface area (Å²) in [7, 11) is 1.41. The van der Waals surface area contributed by atoms with E-state index in [-0.39, 0.29) is 29.8 Å². The topological polar surface area (TPSA) is 49.9 Å². The molecule has 22 heavy (non-hydrogen) atoms. The van der Waals surface area contributed by atoms with Gasteiger partial charge in [-0.3, -0.25) is 9.59 Å². The molecule has 2 rings (SSSR count). The first-order valence-electron chi connectivity index (χ1n) is 8.16. The average Bonchev–Trinajstić information content (AvgIpc) is 2.75. The molecular weight excluding hydrogens is 280 g/mol. The summed E-state index contributed by atoms with van der Waals surface area (Å²) < 4.78 is 4.97. The fourth-order valence-corrected chi connectivity index (χ4v) is 4.03. The van der Waals surface area contributed by atoms with Gasteiger partial charge in [-0.05, 0) is 18.8 Å². The van der Waals surface area contributed by atoms with Crippen molar-refractivity contribution in [2.45, 2.75) is 38.6 Å². The van der Waals surface area contributed by atoms with E-state index in [9.17, 15) is 9.59 Å². The Morgan fingerprint density at radius 3 is 2.59 bits per heavy atom. The Bertz CT molecular complexity index is 439. The quantitative estimate of drug-likeness (QED) is 0.573. The molecule has 1 unspecified atom stereocenters. The van der Waals surface area contributed by atoms with Crippen molar-refractivity contribution < 1.29 is 14.3 Å². The van der Waals surface area contributed by atoms with Gasteiger partial charge >= 0.3 is 5.97 Å². The molecule has 5 heteroatoms. The number of methoxy groups -OCH3 is 1. The average molecular weight is 308 g/mol. The molecule has 1 amide bonds. The van der Waals surface area contributed by atoms with E-state index in [1.54, 1.807) is 6.08 Å². The maximum Gasteiger partial charge on any atom is 0.311 e. The molecule has 2 fully saturated rings. The lowest BCUT2D eigenvalue weighted by Crippen LogP contribution is -2.57. The minimum Gasteiger partial charge on any atom is -0.469 e. The number of rotatable bonds is 5. The van der Waals surface area contributed by atoms with Crippen molar-refractivity contribution in [3.8, 4) is 0 Å². The van der Waals surface area contributed by atoms with E-state index < -0.39 is 0 Å². The predicted molar refractivity (Wildman–Crippen MR) is 85.3 cm³/mol. The van der Waals surface area contributed by atoms with Gasteiger partial charge in [0, 0.05) is 32.6 Å². The number of carbonyl (C=O) groups is 2. The van der Waals surface area contributed by atoms with Crippen molar-refractivity contribution in [3.05, 3.63) is 12.7 Å². The molecule has 2 saturated heterocycles. The van der Waals surface area contributed by atoms with Gasteiger partial charge in [-0.1, -0.05) is 19.9 Å². The van der Waals surface area contributed by atoms with Gasteiger partial charge in [0.05, 0.1) is 18.6 Å². The van der Waals surface area contributed by atoms with E-state index in [4.69, 9.17) is 4.74 Å². The highest BCUT2D eigenvalue weighted by molar-refractivity contribution is 5.89. The molecule has 0 aromatic heterocycles. The number of nitrogens with zero attached hydrogens (tertiary/aromatic N) is 2. The highest BCUT2D eigenvalue weighted by Crippen LogP contribution is 2.44. The van der Waals surface area contributed by atoms with Crippen LogP contribution in [0.15, 0.2) is 12.7 Å². The molecule has 0 radical (unpaired) electrons. The first kappa shape index (κ1) is 17.0. The minimum absolute atomic E-state index is 0.0487. The molecule has 0 aromatic carbocycles. The van der Waals surface area contributed by atoms with Crippen molar-refractivity contribution in [1.82, 2.24) is 9.80 Å². The lowest BCUT2D eigenvalue weighted by molar-refractivity contribution is -0.150. The predicted octanol–water partition coefficient (Wildman–Crippen LogP) is 1.68. The van der Waals surface area contributed by atoms with Crippen LogP contribution in [0.25, 0.3) is 0 Å². The van der Waals surface area contributed by atoms with E-state index in [0.717, 1.165) is 32.5 Å². The Morgan fingerprint density at radius 1 is 1.45 bits per heavy atom. The van der Waals surface area contributed by atoms with E-state index in [1.807, 2.05) is 4.90 Å². The van der Waals surface area contributed by atoms with Crippen LogP contribution in [0.5, 0.6) is 0 Å². The normalized spacial score (nSPS) is 25.0. The molecular formula is C17H28N2O3. The van der Waals surface area contributed by atoms with Crippen molar-refractivity contribution in [2.24, 2.45) is 11.8 Å². The van der Waals surface area contributed by atoms with Crippen molar-refractivity contribution >= 4 is 11.9 Å². The van der Waals surface area contributed by atoms with Gasteiger partial charge in [0.15, 0.2) is 0 Å². The van der Waals surface area contributed by atoms with Crippen molar-refractivity contribution in [2.75, 3.05) is 33.3 Å². The van der Waals surface area contributed by atoms with Crippen LogP contribution in [0.3, 0.4) is 0 Å². The van der Waals surface area contributed by atoms with Crippen LogP contribution in [0.1, 0.15) is 33.1 Å². The van der Waals surface area contributed by atoms with Gasteiger partial charge in [-0.25, -0.2) is 0 Å². The second-order valence-electron chi connectivity index (χ2n) is 6.87. The van der Waals surface area contributed by atoms with Crippen LogP contribution < -0.4 is 0 Å². The number of hydrogen-bond acceptors (Lipinski definition) is 4. The van der Waals surface area contributed by atoms with Crippen LogP contribution in [0.2, 0.25) is 0 Å². The van der Waals surface area contributed by atoms with Crippen LogP contribution in [0, 0.1) is 11.8 Å². The summed E-state index contributed by atoms with van der Waals surface area (Å²) in [6, 6.07) is 0. The molecule has 1 atom stereocenters. The van der Waals surface area contributed by atoms with Crippen LogP contribution in [0.4, 0.5) is 0 Å².